The van der Waals surface area contributed by atoms with Crippen LogP contribution in [0.4, 0.5) is 18.9 Å². The van der Waals surface area contributed by atoms with Gasteiger partial charge in [-0.15, -0.1) is 13.2 Å². The molecule has 212 valence electrons. The van der Waals surface area contributed by atoms with Crippen molar-refractivity contribution in [2.75, 3.05) is 11.4 Å². The summed E-state index contributed by atoms with van der Waals surface area (Å²) in [6, 6.07) is 19.4. The van der Waals surface area contributed by atoms with Crippen LogP contribution in [-0.4, -0.2) is 35.8 Å². The normalized spacial score (nSPS) is 11.6. The van der Waals surface area contributed by atoms with Gasteiger partial charge in [0, 0.05) is 17.8 Å². The zero-order valence-electron chi connectivity index (χ0n) is 22.4. The fraction of sp³-hybridized carbons (Fsp3) is 0.300. The molecular formula is C30H31F3N2O5. The Bertz CT molecular complexity index is 1310. The van der Waals surface area contributed by atoms with Gasteiger partial charge in [-0.3, -0.25) is 14.4 Å². The van der Waals surface area contributed by atoms with Gasteiger partial charge in [0.1, 0.15) is 5.75 Å². The third kappa shape index (κ3) is 9.14. The van der Waals surface area contributed by atoms with Crippen LogP contribution in [0.3, 0.4) is 0 Å². The molecule has 0 aliphatic heterocycles. The van der Waals surface area contributed by atoms with Crippen molar-refractivity contribution in [1.29, 1.82) is 0 Å². The van der Waals surface area contributed by atoms with Gasteiger partial charge < -0.3 is 20.1 Å². The van der Waals surface area contributed by atoms with Crippen LogP contribution >= 0.6 is 0 Å². The topological polar surface area (TPSA) is 95.9 Å². The summed E-state index contributed by atoms with van der Waals surface area (Å²) in [5.41, 5.74) is 3.25. The van der Waals surface area contributed by atoms with Crippen LogP contribution < -0.4 is 15.0 Å². The number of ether oxygens (including phenoxy) is 1. The quantitative estimate of drug-likeness (QED) is 0.326. The first-order chi connectivity index (χ1) is 18.7. The van der Waals surface area contributed by atoms with Crippen LogP contribution in [0.25, 0.3) is 0 Å². The predicted octanol–water partition coefficient (Wildman–Crippen LogP) is 5.86. The van der Waals surface area contributed by atoms with Gasteiger partial charge in [-0.25, -0.2) is 0 Å². The molecular weight excluding hydrogens is 525 g/mol. The molecule has 2 N–H and O–H groups in total. The van der Waals surface area contributed by atoms with E-state index in [9.17, 15) is 27.6 Å². The maximum Gasteiger partial charge on any atom is 0.573 e. The fourth-order valence-electron chi connectivity index (χ4n) is 3.87. The van der Waals surface area contributed by atoms with E-state index in [4.69, 9.17) is 5.11 Å². The summed E-state index contributed by atoms with van der Waals surface area (Å²) in [6.45, 7) is 6.43. The molecule has 0 atom stereocenters. The van der Waals surface area contributed by atoms with Gasteiger partial charge in [-0.05, 0) is 58.5 Å². The summed E-state index contributed by atoms with van der Waals surface area (Å²) in [6.07, 6.45) is -5.05. The molecule has 0 spiro atoms. The third-order valence-corrected chi connectivity index (χ3v) is 6.04. The highest BCUT2D eigenvalue weighted by molar-refractivity contribution is 5.95. The number of carbonyl (C=O) groups is 3. The molecule has 0 aromatic heterocycles. The van der Waals surface area contributed by atoms with Crippen molar-refractivity contribution in [2.24, 2.45) is 0 Å². The Kier molecular flexibility index (Phi) is 9.57. The Morgan fingerprint density at radius 3 is 1.95 bits per heavy atom. The van der Waals surface area contributed by atoms with E-state index in [0.717, 1.165) is 11.1 Å². The number of anilines is 1. The van der Waals surface area contributed by atoms with Gasteiger partial charge in [0.25, 0.3) is 5.91 Å². The Balaban J connectivity index is 1.80. The number of aliphatic carboxylic acids is 1. The van der Waals surface area contributed by atoms with Gasteiger partial charge >= 0.3 is 12.3 Å². The SMILES string of the molecule is CC(C)(C)c1ccc(N(Cc2ccc(C(=O)NCCC(=O)O)cc2)C(=O)Cc2ccc(OC(F)(F)F)cc2)cc1. The molecule has 0 saturated heterocycles. The number of nitrogens with one attached hydrogen (secondary N) is 1. The highest BCUT2D eigenvalue weighted by atomic mass is 19.4. The first kappa shape index (κ1) is 30.2. The number of carboxylic acids is 1. The number of hydrogen-bond acceptors (Lipinski definition) is 4. The number of amides is 2. The standard InChI is InChI=1S/C30H31F3N2O5/c1-29(2,3)23-10-12-24(13-11-23)35(26(36)18-20-6-14-25(15-7-20)40-30(31,32)33)19-21-4-8-22(9-5-21)28(39)34-17-16-27(37)38/h4-15H,16-19H2,1-3H3,(H,34,39)(H,37,38). The van der Waals surface area contributed by atoms with Gasteiger partial charge in [0.15, 0.2) is 0 Å². The number of hydrogen-bond donors (Lipinski definition) is 2. The summed E-state index contributed by atoms with van der Waals surface area (Å²) in [7, 11) is 0. The lowest BCUT2D eigenvalue weighted by atomic mass is 9.87. The van der Waals surface area contributed by atoms with Crippen LogP contribution in [0.2, 0.25) is 0 Å². The van der Waals surface area contributed by atoms with Crippen molar-refractivity contribution >= 4 is 23.5 Å². The predicted molar refractivity (Wildman–Crippen MR) is 144 cm³/mol. The molecule has 3 aromatic rings. The summed E-state index contributed by atoms with van der Waals surface area (Å²) in [5.74, 6) is -2.06. The van der Waals surface area contributed by atoms with E-state index in [1.807, 2.05) is 24.3 Å². The molecule has 40 heavy (non-hydrogen) atoms. The van der Waals surface area contributed by atoms with Crippen LogP contribution in [0, 0.1) is 0 Å². The number of alkyl halides is 3. The summed E-state index contributed by atoms with van der Waals surface area (Å²) >= 11 is 0. The maximum atomic E-state index is 13.5. The van der Waals surface area contributed by atoms with Crippen molar-refractivity contribution in [3.63, 3.8) is 0 Å². The second-order valence-electron chi connectivity index (χ2n) is 10.2. The average molecular weight is 557 g/mol. The Morgan fingerprint density at radius 2 is 1.43 bits per heavy atom. The molecule has 0 saturated carbocycles. The van der Waals surface area contributed by atoms with Crippen molar-refractivity contribution in [1.82, 2.24) is 5.32 Å². The molecule has 0 radical (unpaired) electrons. The number of rotatable bonds is 10. The lowest BCUT2D eigenvalue weighted by Crippen LogP contribution is -2.32. The number of nitrogens with zero attached hydrogens (tertiary/aromatic N) is 1. The van der Waals surface area contributed by atoms with Gasteiger partial charge in [-0.1, -0.05) is 57.2 Å². The molecule has 3 aromatic carbocycles. The van der Waals surface area contributed by atoms with Crippen molar-refractivity contribution in [2.45, 2.75) is 51.9 Å². The minimum atomic E-state index is -4.80. The minimum absolute atomic E-state index is 0.00602. The zero-order valence-corrected chi connectivity index (χ0v) is 22.4. The van der Waals surface area contributed by atoms with Crippen LogP contribution in [-0.2, 0) is 28.0 Å². The van der Waals surface area contributed by atoms with Gasteiger partial charge in [0.05, 0.1) is 19.4 Å². The monoisotopic (exact) mass is 556 g/mol. The van der Waals surface area contributed by atoms with Crippen molar-refractivity contribution in [3.05, 3.63) is 95.1 Å². The Labute approximate surface area is 230 Å². The summed E-state index contributed by atoms with van der Waals surface area (Å²) in [4.78, 5) is 38.0. The molecule has 10 heteroatoms. The Morgan fingerprint density at radius 1 is 0.850 bits per heavy atom. The second kappa shape index (κ2) is 12.7. The van der Waals surface area contributed by atoms with E-state index in [1.54, 1.807) is 29.2 Å². The third-order valence-electron chi connectivity index (χ3n) is 6.04. The number of benzene rings is 3. The molecule has 3 rings (SSSR count). The highest BCUT2D eigenvalue weighted by Crippen LogP contribution is 2.27. The van der Waals surface area contributed by atoms with Crippen LogP contribution in [0.15, 0.2) is 72.8 Å². The molecule has 0 aliphatic carbocycles. The van der Waals surface area contributed by atoms with Crippen LogP contribution in [0.1, 0.15) is 54.2 Å². The van der Waals surface area contributed by atoms with Gasteiger partial charge in [-0.2, -0.15) is 0 Å². The number of halogens is 3. The van der Waals surface area contributed by atoms with E-state index in [1.165, 1.54) is 24.3 Å². The van der Waals surface area contributed by atoms with E-state index in [0.29, 0.717) is 16.8 Å². The van der Waals surface area contributed by atoms with Crippen molar-refractivity contribution < 1.29 is 37.4 Å². The van der Waals surface area contributed by atoms with E-state index in [-0.39, 0.29) is 43.0 Å². The lowest BCUT2D eigenvalue weighted by Gasteiger charge is -2.25. The molecule has 0 aliphatic rings. The smallest absolute Gasteiger partial charge is 0.481 e. The molecule has 0 fully saturated rings. The number of carboxylic acid groups (broad SMARTS) is 1. The summed E-state index contributed by atoms with van der Waals surface area (Å²) in [5, 5.41) is 11.3. The second-order valence-corrected chi connectivity index (χ2v) is 10.2. The number of carbonyl (C=O) groups excluding carboxylic acids is 2. The maximum absolute atomic E-state index is 13.5. The molecule has 2 amide bonds. The Hall–Kier alpha value is -4.34. The largest absolute Gasteiger partial charge is 0.573 e. The molecule has 0 unspecified atom stereocenters. The minimum Gasteiger partial charge on any atom is -0.481 e. The first-order valence-corrected chi connectivity index (χ1v) is 12.6. The molecule has 7 nitrogen and oxygen atoms in total. The van der Waals surface area contributed by atoms with E-state index in [2.05, 4.69) is 30.8 Å². The molecule has 0 bridgehead atoms. The zero-order chi connectivity index (χ0) is 29.5. The lowest BCUT2D eigenvalue weighted by molar-refractivity contribution is -0.274. The van der Waals surface area contributed by atoms with Gasteiger partial charge in [0.2, 0.25) is 5.91 Å². The van der Waals surface area contributed by atoms with E-state index < -0.39 is 18.2 Å². The van der Waals surface area contributed by atoms with Crippen molar-refractivity contribution in [3.8, 4) is 5.75 Å². The fourth-order valence-corrected chi connectivity index (χ4v) is 3.87. The van der Waals surface area contributed by atoms with E-state index >= 15 is 0 Å². The van der Waals surface area contributed by atoms with Crippen LogP contribution in [0.5, 0.6) is 5.75 Å². The highest BCUT2D eigenvalue weighted by Gasteiger charge is 2.31. The summed E-state index contributed by atoms with van der Waals surface area (Å²) < 4.78 is 41.3. The molecule has 0 heterocycles. The first-order valence-electron chi connectivity index (χ1n) is 12.6. The average Bonchev–Trinajstić information content (AvgIpc) is 2.87.